The lowest BCUT2D eigenvalue weighted by Gasteiger charge is -2.34. The summed E-state index contributed by atoms with van der Waals surface area (Å²) < 4.78 is 42.7. The van der Waals surface area contributed by atoms with E-state index < -0.39 is 24.7 Å². The van der Waals surface area contributed by atoms with Crippen LogP contribution in [0.1, 0.15) is 48.4 Å². The molecule has 1 aliphatic rings. The number of aromatic nitrogens is 2. The zero-order valence-electron chi connectivity index (χ0n) is 20.9. The van der Waals surface area contributed by atoms with Crippen molar-refractivity contribution in [1.29, 1.82) is 0 Å². The number of pyridine rings is 2. The zero-order chi connectivity index (χ0) is 26.5. The fraction of sp³-hybridized carbons (Fsp3) is 0.520. The number of nitrogens with zero attached hydrogens (tertiary/aromatic N) is 4. The van der Waals surface area contributed by atoms with Crippen molar-refractivity contribution in [3.63, 3.8) is 0 Å². The van der Waals surface area contributed by atoms with Gasteiger partial charge in [-0.2, -0.15) is 18.2 Å². The fourth-order valence-electron chi connectivity index (χ4n) is 3.71. The molecule has 3 heterocycles. The van der Waals surface area contributed by atoms with Crippen LogP contribution in [0.2, 0.25) is 0 Å². The Bertz CT molecular complexity index is 1070. The highest BCUT2D eigenvalue weighted by atomic mass is 19.4. The summed E-state index contributed by atoms with van der Waals surface area (Å²) in [6, 6.07) is 5.86. The molecule has 3 rings (SSSR count). The molecule has 1 N–H and O–H groups in total. The van der Waals surface area contributed by atoms with E-state index >= 15 is 0 Å². The van der Waals surface area contributed by atoms with Crippen molar-refractivity contribution in [3.8, 4) is 5.88 Å². The number of carbonyl (C=O) groups is 2. The number of alkyl halides is 3. The number of likely N-dealkylation sites (N-methyl/N-ethyl adjacent to an activating group) is 1. The first-order chi connectivity index (χ1) is 16.9. The summed E-state index contributed by atoms with van der Waals surface area (Å²) in [5.41, 5.74) is 1.65. The third-order valence-corrected chi connectivity index (χ3v) is 5.97. The molecule has 2 aromatic heterocycles. The van der Waals surface area contributed by atoms with Crippen LogP contribution in [0.4, 0.5) is 19.0 Å². The highest BCUT2D eigenvalue weighted by Crippen LogP contribution is 2.26. The predicted molar refractivity (Wildman–Crippen MR) is 129 cm³/mol. The lowest BCUT2D eigenvalue weighted by atomic mass is 10.0. The normalized spacial score (nSPS) is 15.6. The van der Waals surface area contributed by atoms with Crippen LogP contribution in [-0.4, -0.2) is 72.6 Å². The van der Waals surface area contributed by atoms with E-state index in [9.17, 15) is 22.8 Å². The van der Waals surface area contributed by atoms with Crippen molar-refractivity contribution in [3.05, 3.63) is 47.3 Å². The number of piperazine rings is 1. The monoisotopic (exact) mass is 507 g/mol. The maximum atomic E-state index is 13.3. The Morgan fingerprint density at radius 3 is 2.44 bits per heavy atom. The lowest BCUT2D eigenvalue weighted by molar-refractivity contribution is -0.154. The van der Waals surface area contributed by atoms with Gasteiger partial charge in [0.05, 0.1) is 11.6 Å². The van der Waals surface area contributed by atoms with Crippen LogP contribution in [0.15, 0.2) is 30.5 Å². The standard InChI is InChI=1S/C25H32F3N5O3/c1-16(2)21(34)14-19-13-18(7-8-29-19)17(3)30-24(35)20-5-6-22(36-15-25(26,27)28)31-23(20)33-11-9-32(4)10-12-33/h5-8,13,16-17H,9-12,14-15H2,1-4H3,(H,30,35). The van der Waals surface area contributed by atoms with Crippen LogP contribution in [0.3, 0.4) is 0 Å². The number of carbonyl (C=O) groups excluding carboxylic acids is 2. The number of rotatable bonds is 9. The van der Waals surface area contributed by atoms with Crippen LogP contribution in [0.25, 0.3) is 0 Å². The summed E-state index contributed by atoms with van der Waals surface area (Å²) >= 11 is 0. The summed E-state index contributed by atoms with van der Waals surface area (Å²) in [4.78, 5) is 37.9. The molecule has 1 aliphatic heterocycles. The van der Waals surface area contributed by atoms with Gasteiger partial charge in [-0.15, -0.1) is 0 Å². The molecule has 1 fully saturated rings. The second-order valence-corrected chi connectivity index (χ2v) is 9.29. The summed E-state index contributed by atoms with van der Waals surface area (Å²) in [6.07, 6.45) is -2.68. The molecule has 1 amide bonds. The van der Waals surface area contributed by atoms with Crippen LogP contribution in [0, 0.1) is 5.92 Å². The van der Waals surface area contributed by atoms with Gasteiger partial charge in [0.25, 0.3) is 5.91 Å². The van der Waals surface area contributed by atoms with Crippen LogP contribution < -0.4 is 15.0 Å². The van der Waals surface area contributed by atoms with E-state index in [4.69, 9.17) is 4.74 Å². The van der Waals surface area contributed by atoms with Gasteiger partial charge in [-0.3, -0.25) is 14.6 Å². The average molecular weight is 508 g/mol. The van der Waals surface area contributed by atoms with E-state index in [0.717, 1.165) is 18.7 Å². The average Bonchev–Trinajstić information content (AvgIpc) is 2.82. The summed E-state index contributed by atoms with van der Waals surface area (Å²) in [5.74, 6) is -0.351. The van der Waals surface area contributed by atoms with Gasteiger partial charge in [-0.05, 0) is 37.7 Å². The van der Waals surface area contributed by atoms with Crippen molar-refractivity contribution in [2.75, 3.05) is 44.7 Å². The number of halogens is 3. The number of ether oxygens (including phenoxy) is 1. The van der Waals surface area contributed by atoms with Crippen molar-refractivity contribution >= 4 is 17.5 Å². The molecule has 11 heteroatoms. The van der Waals surface area contributed by atoms with Crippen LogP contribution in [0.5, 0.6) is 5.88 Å². The Morgan fingerprint density at radius 1 is 1.11 bits per heavy atom. The molecule has 0 bridgehead atoms. The van der Waals surface area contributed by atoms with Gasteiger partial charge < -0.3 is 19.9 Å². The minimum atomic E-state index is -4.50. The van der Waals surface area contributed by atoms with E-state index in [1.165, 1.54) is 12.1 Å². The molecule has 0 radical (unpaired) electrons. The molecule has 0 spiro atoms. The minimum absolute atomic E-state index is 0.0760. The second kappa shape index (κ2) is 11.7. The van der Waals surface area contributed by atoms with Gasteiger partial charge >= 0.3 is 6.18 Å². The van der Waals surface area contributed by atoms with Crippen molar-refractivity contribution < 1.29 is 27.5 Å². The SMILES string of the molecule is CC(C)C(=O)Cc1cc(C(C)NC(=O)c2ccc(OCC(F)(F)F)nc2N2CCN(C)CC2)ccn1. The maximum absolute atomic E-state index is 13.3. The third-order valence-electron chi connectivity index (χ3n) is 5.97. The number of Topliss-reactive ketones (excluding diaryl/α,β-unsaturated/α-hetero) is 1. The second-order valence-electron chi connectivity index (χ2n) is 9.29. The number of hydrogen-bond donors (Lipinski definition) is 1. The van der Waals surface area contributed by atoms with Gasteiger partial charge in [0, 0.05) is 56.5 Å². The highest BCUT2D eigenvalue weighted by Gasteiger charge is 2.29. The number of anilines is 1. The molecule has 0 saturated carbocycles. The van der Waals surface area contributed by atoms with Gasteiger partial charge in [0.2, 0.25) is 5.88 Å². The first-order valence-electron chi connectivity index (χ1n) is 11.9. The fourth-order valence-corrected chi connectivity index (χ4v) is 3.71. The third kappa shape index (κ3) is 7.64. The zero-order valence-corrected chi connectivity index (χ0v) is 20.9. The first kappa shape index (κ1) is 27.4. The Morgan fingerprint density at radius 2 is 1.81 bits per heavy atom. The summed E-state index contributed by atoms with van der Waals surface area (Å²) in [6.45, 7) is 6.60. The maximum Gasteiger partial charge on any atom is 0.422 e. The molecular formula is C25H32F3N5O3. The van der Waals surface area contributed by atoms with E-state index in [2.05, 4.69) is 20.2 Å². The van der Waals surface area contributed by atoms with Crippen molar-refractivity contribution in [1.82, 2.24) is 20.2 Å². The van der Waals surface area contributed by atoms with Gasteiger partial charge in [-0.1, -0.05) is 13.8 Å². The van der Waals surface area contributed by atoms with E-state index in [1.807, 2.05) is 32.7 Å². The quantitative estimate of drug-likeness (QED) is 0.557. The first-order valence-corrected chi connectivity index (χ1v) is 11.9. The summed E-state index contributed by atoms with van der Waals surface area (Å²) in [5, 5.41) is 2.93. The predicted octanol–water partition coefficient (Wildman–Crippen LogP) is 3.43. The van der Waals surface area contributed by atoms with Gasteiger partial charge in [-0.25, -0.2) is 0 Å². The molecule has 0 aromatic carbocycles. The van der Waals surface area contributed by atoms with Crippen molar-refractivity contribution in [2.24, 2.45) is 5.92 Å². The largest absolute Gasteiger partial charge is 0.468 e. The van der Waals surface area contributed by atoms with E-state index in [1.54, 1.807) is 18.3 Å². The Kier molecular flexibility index (Phi) is 8.89. The molecule has 0 aliphatic carbocycles. The number of amides is 1. The molecule has 36 heavy (non-hydrogen) atoms. The van der Waals surface area contributed by atoms with Crippen LogP contribution in [-0.2, 0) is 11.2 Å². The highest BCUT2D eigenvalue weighted by molar-refractivity contribution is 5.99. The Labute approximate surface area is 208 Å². The topological polar surface area (TPSA) is 87.7 Å². The lowest BCUT2D eigenvalue weighted by Crippen LogP contribution is -2.45. The van der Waals surface area contributed by atoms with Gasteiger partial charge in [0.1, 0.15) is 11.6 Å². The smallest absolute Gasteiger partial charge is 0.422 e. The minimum Gasteiger partial charge on any atom is -0.468 e. The molecule has 196 valence electrons. The Hall–Kier alpha value is -3.21. The molecule has 2 aromatic rings. The summed E-state index contributed by atoms with van der Waals surface area (Å²) in [7, 11) is 1.97. The van der Waals surface area contributed by atoms with Crippen LogP contribution >= 0.6 is 0 Å². The molecule has 1 unspecified atom stereocenters. The number of ketones is 1. The van der Waals surface area contributed by atoms with E-state index in [0.29, 0.717) is 18.8 Å². The molecule has 8 nitrogen and oxygen atoms in total. The Balaban J connectivity index is 1.80. The number of nitrogens with one attached hydrogen (secondary N) is 1. The number of hydrogen-bond acceptors (Lipinski definition) is 7. The molecule has 1 saturated heterocycles. The van der Waals surface area contributed by atoms with E-state index in [-0.39, 0.29) is 35.4 Å². The van der Waals surface area contributed by atoms with Gasteiger partial charge in [0.15, 0.2) is 6.61 Å². The van der Waals surface area contributed by atoms with Crippen molar-refractivity contribution in [2.45, 2.75) is 39.4 Å². The molecule has 1 atom stereocenters. The molecular weight excluding hydrogens is 475 g/mol.